The molecule has 0 unspecified atom stereocenters. The summed E-state index contributed by atoms with van der Waals surface area (Å²) in [5.41, 5.74) is 1.87. The zero-order valence-electron chi connectivity index (χ0n) is 11.3. The number of ether oxygens (including phenoxy) is 1. The van der Waals surface area contributed by atoms with Crippen molar-refractivity contribution in [3.05, 3.63) is 59.7 Å². The quantitative estimate of drug-likeness (QED) is 0.800. The van der Waals surface area contributed by atoms with E-state index in [0.29, 0.717) is 11.1 Å². The first-order valence-electron chi connectivity index (χ1n) is 6.08. The molecule has 0 saturated carbocycles. The van der Waals surface area contributed by atoms with Gasteiger partial charge in [0.2, 0.25) is 0 Å². The number of aromatic nitrogens is 1. The van der Waals surface area contributed by atoms with E-state index in [9.17, 15) is 9.18 Å². The predicted octanol–water partition coefficient (Wildman–Crippen LogP) is 3.36. The number of benzene rings is 1. The first kappa shape index (κ1) is 13.9. The molecule has 0 aliphatic carbocycles. The van der Waals surface area contributed by atoms with E-state index >= 15 is 0 Å². The Bertz CT molecular complexity index is 651. The van der Waals surface area contributed by atoms with Gasteiger partial charge in [-0.3, -0.25) is 9.78 Å². The minimum absolute atomic E-state index is 0.0903. The van der Waals surface area contributed by atoms with Gasteiger partial charge in [-0.15, -0.1) is 0 Å². The number of pyridine rings is 1. The molecule has 0 bridgehead atoms. The molecule has 0 radical (unpaired) electrons. The van der Waals surface area contributed by atoms with Crippen molar-refractivity contribution in [3.8, 4) is 5.75 Å². The summed E-state index contributed by atoms with van der Waals surface area (Å²) in [7, 11) is 1.41. The van der Waals surface area contributed by atoms with Gasteiger partial charge in [-0.25, -0.2) is 4.39 Å². The lowest BCUT2D eigenvalue weighted by Crippen LogP contribution is -1.96. The lowest BCUT2D eigenvalue weighted by atomic mass is 10.0. The standard InChI is InChI=1S/C16H14FNO2/c1-11(19)14(13-5-7-18-8-6-13)9-12-3-4-16(20-2)15(17)10-12/h3-10H,1-2H3/b14-9-. The molecule has 0 N–H and O–H groups in total. The number of carbonyl (C=O) groups excluding carboxylic acids is 1. The van der Waals surface area contributed by atoms with Gasteiger partial charge in [-0.1, -0.05) is 6.07 Å². The third-order valence-electron chi connectivity index (χ3n) is 2.86. The second-order valence-electron chi connectivity index (χ2n) is 4.24. The molecule has 2 rings (SSSR count). The van der Waals surface area contributed by atoms with Gasteiger partial charge in [0, 0.05) is 18.0 Å². The van der Waals surface area contributed by atoms with E-state index < -0.39 is 5.82 Å². The van der Waals surface area contributed by atoms with Crippen LogP contribution in [0.3, 0.4) is 0 Å². The number of ketones is 1. The fourth-order valence-electron chi connectivity index (χ4n) is 1.86. The maximum atomic E-state index is 13.7. The number of Topliss-reactive ketones (excluding diaryl/α,β-unsaturated/α-hetero) is 1. The molecule has 102 valence electrons. The van der Waals surface area contributed by atoms with Gasteiger partial charge in [0.05, 0.1) is 7.11 Å². The van der Waals surface area contributed by atoms with Crippen LogP contribution in [0.25, 0.3) is 11.6 Å². The molecule has 1 aromatic heterocycles. The summed E-state index contributed by atoms with van der Waals surface area (Å²) in [6, 6.07) is 8.06. The molecule has 0 atom stereocenters. The molecule has 1 aromatic carbocycles. The maximum absolute atomic E-state index is 13.7. The van der Waals surface area contributed by atoms with E-state index in [1.54, 1.807) is 36.7 Å². The van der Waals surface area contributed by atoms with Gasteiger partial charge < -0.3 is 4.74 Å². The van der Waals surface area contributed by atoms with Crippen LogP contribution >= 0.6 is 0 Å². The Morgan fingerprint density at radius 1 is 1.25 bits per heavy atom. The number of allylic oxidation sites excluding steroid dienone is 1. The zero-order chi connectivity index (χ0) is 14.5. The summed E-state index contributed by atoms with van der Waals surface area (Å²) in [6.07, 6.45) is 4.88. The molecular weight excluding hydrogens is 257 g/mol. The molecule has 2 aromatic rings. The number of carbonyl (C=O) groups is 1. The minimum Gasteiger partial charge on any atom is -0.494 e. The average molecular weight is 271 g/mol. The number of halogens is 1. The summed E-state index contributed by atoms with van der Waals surface area (Å²) in [4.78, 5) is 15.7. The van der Waals surface area contributed by atoms with Gasteiger partial charge in [0.1, 0.15) is 0 Å². The van der Waals surface area contributed by atoms with Crippen LogP contribution in [-0.2, 0) is 4.79 Å². The summed E-state index contributed by atoms with van der Waals surface area (Å²) in [5.74, 6) is -0.373. The summed E-state index contributed by atoms with van der Waals surface area (Å²) in [6.45, 7) is 1.48. The molecule has 0 amide bonds. The average Bonchev–Trinajstić information content (AvgIpc) is 2.45. The van der Waals surface area contributed by atoms with Crippen molar-refractivity contribution in [3.63, 3.8) is 0 Å². The first-order chi connectivity index (χ1) is 9.61. The van der Waals surface area contributed by atoms with Crippen molar-refractivity contribution < 1.29 is 13.9 Å². The van der Waals surface area contributed by atoms with Crippen molar-refractivity contribution >= 4 is 17.4 Å². The lowest BCUT2D eigenvalue weighted by Gasteiger charge is -2.06. The molecule has 20 heavy (non-hydrogen) atoms. The Morgan fingerprint density at radius 2 is 1.95 bits per heavy atom. The fraction of sp³-hybridized carbons (Fsp3) is 0.125. The normalized spacial score (nSPS) is 11.2. The van der Waals surface area contributed by atoms with E-state index in [0.717, 1.165) is 5.56 Å². The molecule has 0 aliphatic rings. The van der Waals surface area contributed by atoms with E-state index in [-0.39, 0.29) is 11.5 Å². The largest absolute Gasteiger partial charge is 0.494 e. The lowest BCUT2D eigenvalue weighted by molar-refractivity contribution is -0.111. The van der Waals surface area contributed by atoms with Gasteiger partial charge in [0.25, 0.3) is 0 Å². The topological polar surface area (TPSA) is 39.2 Å². The highest BCUT2D eigenvalue weighted by molar-refractivity contribution is 6.24. The Hall–Kier alpha value is -2.49. The highest BCUT2D eigenvalue weighted by Crippen LogP contribution is 2.22. The zero-order valence-corrected chi connectivity index (χ0v) is 11.3. The van der Waals surface area contributed by atoms with Crippen LogP contribution < -0.4 is 4.74 Å². The van der Waals surface area contributed by atoms with Crippen LogP contribution in [0.15, 0.2) is 42.7 Å². The summed E-state index contributed by atoms with van der Waals surface area (Å²) in [5, 5.41) is 0. The van der Waals surface area contributed by atoms with Crippen LogP contribution in [0.1, 0.15) is 18.1 Å². The first-order valence-corrected chi connectivity index (χ1v) is 6.08. The molecule has 0 fully saturated rings. The van der Waals surface area contributed by atoms with Crippen LogP contribution in [-0.4, -0.2) is 17.9 Å². The highest BCUT2D eigenvalue weighted by atomic mass is 19.1. The smallest absolute Gasteiger partial charge is 0.165 e. The highest BCUT2D eigenvalue weighted by Gasteiger charge is 2.08. The number of nitrogens with zero attached hydrogens (tertiary/aromatic N) is 1. The number of methoxy groups -OCH3 is 1. The Kier molecular flexibility index (Phi) is 4.25. The predicted molar refractivity (Wildman–Crippen MR) is 75.7 cm³/mol. The molecule has 0 spiro atoms. The maximum Gasteiger partial charge on any atom is 0.165 e. The molecule has 4 heteroatoms. The SMILES string of the molecule is COc1ccc(/C=C(/C(C)=O)c2ccncc2)cc1F. The second-order valence-corrected chi connectivity index (χ2v) is 4.24. The van der Waals surface area contributed by atoms with Gasteiger partial charge in [0.15, 0.2) is 17.3 Å². The van der Waals surface area contributed by atoms with E-state index in [4.69, 9.17) is 4.74 Å². The number of rotatable bonds is 4. The minimum atomic E-state index is -0.459. The van der Waals surface area contributed by atoms with Crippen molar-refractivity contribution in [2.24, 2.45) is 0 Å². The summed E-state index contributed by atoms with van der Waals surface area (Å²) >= 11 is 0. The van der Waals surface area contributed by atoms with Gasteiger partial charge in [-0.2, -0.15) is 0 Å². The number of hydrogen-bond donors (Lipinski definition) is 0. The van der Waals surface area contributed by atoms with Crippen molar-refractivity contribution in [1.29, 1.82) is 0 Å². The fourth-order valence-corrected chi connectivity index (χ4v) is 1.86. The molecule has 0 saturated heterocycles. The van der Waals surface area contributed by atoms with Crippen molar-refractivity contribution in [2.45, 2.75) is 6.92 Å². The summed E-state index contributed by atoms with van der Waals surface area (Å²) < 4.78 is 18.5. The molecule has 0 aliphatic heterocycles. The van der Waals surface area contributed by atoms with Crippen LogP contribution in [0, 0.1) is 5.82 Å². The molecule has 1 heterocycles. The Labute approximate surface area is 116 Å². The van der Waals surface area contributed by atoms with Gasteiger partial charge >= 0.3 is 0 Å². The molecular formula is C16H14FNO2. The third kappa shape index (κ3) is 3.09. The monoisotopic (exact) mass is 271 g/mol. The van der Waals surface area contributed by atoms with E-state index in [2.05, 4.69) is 4.98 Å². The van der Waals surface area contributed by atoms with E-state index in [1.165, 1.54) is 26.2 Å². The van der Waals surface area contributed by atoms with Crippen LogP contribution in [0.4, 0.5) is 4.39 Å². The van der Waals surface area contributed by atoms with Crippen LogP contribution in [0.5, 0.6) is 5.75 Å². The Morgan fingerprint density at radius 3 is 2.50 bits per heavy atom. The molecule has 3 nitrogen and oxygen atoms in total. The van der Waals surface area contributed by atoms with Gasteiger partial charge in [-0.05, 0) is 48.4 Å². The van der Waals surface area contributed by atoms with Crippen molar-refractivity contribution in [2.75, 3.05) is 7.11 Å². The van der Waals surface area contributed by atoms with Crippen molar-refractivity contribution in [1.82, 2.24) is 4.98 Å². The number of hydrogen-bond acceptors (Lipinski definition) is 3. The van der Waals surface area contributed by atoms with E-state index in [1.807, 2.05) is 0 Å². The Balaban J connectivity index is 2.45. The second kappa shape index (κ2) is 6.10. The van der Waals surface area contributed by atoms with Crippen LogP contribution in [0.2, 0.25) is 0 Å². The third-order valence-corrected chi connectivity index (χ3v) is 2.86.